The third-order valence-electron chi connectivity index (χ3n) is 1.69. The van der Waals surface area contributed by atoms with Crippen molar-refractivity contribution in [2.45, 2.75) is 39.7 Å². The van der Waals surface area contributed by atoms with Gasteiger partial charge in [-0.15, -0.1) is 0 Å². The van der Waals surface area contributed by atoms with Crippen LogP contribution in [0.25, 0.3) is 0 Å². The van der Waals surface area contributed by atoms with Gasteiger partial charge in [-0.05, 0) is 39.2 Å². The Bertz CT molecular complexity index is 430. The van der Waals surface area contributed by atoms with Crippen LogP contribution in [0.3, 0.4) is 0 Å². The zero-order valence-electron chi connectivity index (χ0n) is 10.0. The lowest BCUT2D eigenvalue weighted by Gasteiger charge is -2.16. The number of aromatic amines is 1. The van der Waals surface area contributed by atoms with E-state index in [0.717, 1.165) is 12.1 Å². The molecule has 0 atom stereocenters. The molecule has 86 valence electrons. The predicted molar refractivity (Wildman–Crippen MR) is 60.7 cm³/mol. The number of hydrogen-bond acceptors (Lipinski definition) is 3. The number of H-pyrrole nitrogens is 1. The fraction of sp³-hybridized carbons (Fsp3) is 0.500. The summed E-state index contributed by atoms with van der Waals surface area (Å²) in [4.78, 5) is 11.3. The number of aromatic nitrogens is 2. The van der Waals surface area contributed by atoms with Crippen molar-refractivity contribution in [3.05, 3.63) is 17.5 Å². The number of rotatable bonds is 1. The van der Waals surface area contributed by atoms with Gasteiger partial charge < -0.3 is 4.74 Å². The second kappa shape index (κ2) is 4.84. The molecule has 0 aliphatic carbocycles. The van der Waals surface area contributed by atoms with Crippen molar-refractivity contribution in [3.8, 4) is 11.8 Å². The Labute approximate surface area is 95.4 Å². The molecule has 0 amide bonds. The van der Waals surface area contributed by atoms with Gasteiger partial charge in [-0.1, -0.05) is 6.92 Å². The molecule has 0 radical (unpaired) electrons. The van der Waals surface area contributed by atoms with Crippen molar-refractivity contribution >= 4 is 5.97 Å². The number of carbonyl (C=O) groups excluding carboxylic acids is 1. The molecule has 0 bridgehead atoms. The van der Waals surface area contributed by atoms with Gasteiger partial charge in [-0.25, -0.2) is 4.79 Å². The first-order valence-corrected chi connectivity index (χ1v) is 5.20. The molecular weight excluding hydrogens is 204 g/mol. The molecule has 0 fully saturated rings. The number of hydrogen-bond donors (Lipinski definition) is 1. The van der Waals surface area contributed by atoms with Crippen LogP contribution >= 0.6 is 0 Å². The van der Waals surface area contributed by atoms with E-state index >= 15 is 0 Å². The standard InChI is InChI=1S/C12H16N2O2/c1-5-9-8-10(14-13-9)6-7-11(15)16-12(2,3)4/h8H,5H2,1-4H3,(H,13,14). The van der Waals surface area contributed by atoms with Crippen LogP contribution in [0.1, 0.15) is 39.1 Å². The molecule has 0 aromatic carbocycles. The van der Waals surface area contributed by atoms with E-state index in [1.54, 1.807) is 20.8 Å². The highest BCUT2D eigenvalue weighted by atomic mass is 16.6. The Morgan fingerprint density at radius 1 is 1.56 bits per heavy atom. The third kappa shape index (κ3) is 4.18. The van der Waals surface area contributed by atoms with Crippen LogP contribution in [-0.2, 0) is 16.0 Å². The maximum atomic E-state index is 11.3. The molecule has 0 unspecified atom stereocenters. The number of ether oxygens (including phenoxy) is 1. The van der Waals surface area contributed by atoms with Crippen LogP contribution in [0.4, 0.5) is 0 Å². The summed E-state index contributed by atoms with van der Waals surface area (Å²) in [5.74, 6) is 4.56. The number of nitrogens with one attached hydrogen (secondary N) is 1. The maximum absolute atomic E-state index is 11.3. The Morgan fingerprint density at radius 3 is 2.75 bits per heavy atom. The zero-order valence-corrected chi connectivity index (χ0v) is 10.0. The summed E-state index contributed by atoms with van der Waals surface area (Å²) in [7, 11) is 0. The summed E-state index contributed by atoms with van der Waals surface area (Å²) in [6.45, 7) is 7.41. The van der Waals surface area contributed by atoms with E-state index in [2.05, 4.69) is 22.0 Å². The molecule has 4 nitrogen and oxygen atoms in total. The summed E-state index contributed by atoms with van der Waals surface area (Å²) >= 11 is 0. The number of aryl methyl sites for hydroxylation is 1. The molecule has 1 aromatic heterocycles. The largest absolute Gasteiger partial charge is 0.450 e. The van der Waals surface area contributed by atoms with Gasteiger partial charge in [-0.3, -0.25) is 5.10 Å². The lowest BCUT2D eigenvalue weighted by Crippen LogP contribution is -2.22. The minimum absolute atomic E-state index is 0.506. The van der Waals surface area contributed by atoms with Crippen LogP contribution in [0.5, 0.6) is 0 Å². The summed E-state index contributed by atoms with van der Waals surface area (Å²) in [5, 5.41) is 6.75. The molecule has 0 saturated heterocycles. The van der Waals surface area contributed by atoms with Gasteiger partial charge >= 0.3 is 5.97 Å². The van der Waals surface area contributed by atoms with Crippen LogP contribution in [-0.4, -0.2) is 21.8 Å². The van der Waals surface area contributed by atoms with Gasteiger partial charge in [0.05, 0.1) is 5.69 Å². The quantitative estimate of drug-likeness (QED) is 0.578. The Balaban J connectivity index is 2.64. The van der Waals surface area contributed by atoms with E-state index in [1.165, 1.54) is 0 Å². The first kappa shape index (κ1) is 12.3. The lowest BCUT2D eigenvalue weighted by atomic mass is 10.2. The highest BCUT2D eigenvalue weighted by Gasteiger charge is 2.14. The van der Waals surface area contributed by atoms with Crippen molar-refractivity contribution in [2.75, 3.05) is 0 Å². The Morgan fingerprint density at radius 2 is 2.25 bits per heavy atom. The topological polar surface area (TPSA) is 55.0 Å². The van der Waals surface area contributed by atoms with E-state index < -0.39 is 11.6 Å². The molecular formula is C12H16N2O2. The predicted octanol–water partition coefficient (Wildman–Crippen LogP) is 1.67. The van der Waals surface area contributed by atoms with Gasteiger partial charge in [0.25, 0.3) is 0 Å². The van der Waals surface area contributed by atoms with Gasteiger partial charge in [0, 0.05) is 5.92 Å². The van der Waals surface area contributed by atoms with Crippen molar-refractivity contribution in [3.63, 3.8) is 0 Å². The Hall–Kier alpha value is -1.76. The van der Waals surface area contributed by atoms with Crippen molar-refractivity contribution in [2.24, 2.45) is 0 Å². The van der Waals surface area contributed by atoms with E-state index in [4.69, 9.17) is 4.74 Å². The van der Waals surface area contributed by atoms with Crippen molar-refractivity contribution < 1.29 is 9.53 Å². The molecule has 0 saturated carbocycles. The van der Waals surface area contributed by atoms with Crippen LogP contribution < -0.4 is 0 Å². The fourth-order valence-electron chi connectivity index (χ4n) is 1.03. The lowest BCUT2D eigenvalue weighted by molar-refractivity contribution is -0.147. The number of carbonyl (C=O) groups is 1. The van der Waals surface area contributed by atoms with Crippen LogP contribution in [0, 0.1) is 11.8 Å². The van der Waals surface area contributed by atoms with Crippen LogP contribution in [0.15, 0.2) is 6.07 Å². The summed E-state index contributed by atoms with van der Waals surface area (Å²) < 4.78 is 5.05. The first-order valence-electron chi connectivity index (χ1n) is 5.20. The zero-order chi connectivity index (χ0) is 12.2. The van der Waals surface area contributed by atoms with Crippen molar-refractivity contribution in [1.29, 1.82) is 0 Å². The minimum atomic E-state index is -0.528. The Kier molecular flexibility index (Phi) is 3.73. The van der Waals surface area contributed by atoms with E-state index in [0.29, 0.717) is 5.69 Å². The molecule has 16 heavy (non-hydrogen) atoms. The molecule has 0 aliphatic heterocycles. The molecule has 1 rings (SSSR count). The summed E-state index contributed by atoms with van der Waals surface area (Å²) in [6.07, 6.45) is 0.838. The van der Waals surface area contributed by atoms with Crippen molar-refractivity contribution in [1.82, 2.24) is 10.2 Å². The van der Waals surface area contributed by atoms with Gasteiger partial charge in [-0.2, -0.15) is 5.10 Å². The average molecular weight is 220 g/mol. The summed E-state index contributed by atoms with van der Waals surface area (Å²) in [5.41, 5.74) is 1.05. The summed E-state index contributed by atoms with van der Waals surface area (Å²) in [6, 6.07) is 1.82. The van der Waals surface area contributed by atoms with Crippen LogP contribution in [0.2, 0.25) is 0 Å². The third-order valence-corrected chi connectivity index (χ3v) is 1.69. The molecule has 1 aromatic rings. The molecule has 1 heterocycles. The van der Waals surface area contributed by atoms with E-state index in [1.807, 2.05) is 13.0 Å². The average Bonchev–Trinajstić information content (AvgIpc) is 2.59. The molecule has 4 heteroatoms. The van der Waals surface area contributed by atoms with E-state index in [9.17, 15) is 4.79 Å². The SMILES string of the molecule is CCc1cc(C#CC(=O)OC(C)(C)C)[nH]n1. The first-order chi connectivity index (χ1) is 7.40. The fourth-order valence-corrected chi connectivity index (χ4v) is 1.03. The van der Waals surface area contributed by atoms with Gasteiger partial charge in [0.15, 0.2) is 0 Å². The normalized spacial score (nSPS) is 10.5. The highest BCUT2D eigenvalue weighted by Crippen LogP contribution is 2.06. The van der Waals surface area contributed by atoms with Gasteiger partial charge in [0.2, 0.25) is 0 Å². The molecule has 1 N–H and O–H groups in total. The smallest absolute Gasteiger partial charge is 0.385 e. The number of esters is 1. The highest BCUT2D eigenvalue weighted by molar-refractivity contribution is 5.89. The maximum Gasteiger partial charge on any atom is 0.385 e. The minimum Gasteiger partial charge on any atom is -0.450 e. The van der Waals surface area contributed by atoms with Gasteiger partial charge in [0.1, 0.15) is 11.3 Å². The molecule has 0 aliphatic rings. The molecule has 0 spiro atoms. The number of nitrogens with zero attached hydrogens (tertiary/aromatic N) is 1. The monoisotopic (exact) mass is 220 g/mol. The van der Waals surface area contributed by atoms with E-state index in [-0.39, 0.29) is 0 Å². The second-order valence-corrected chi connectivity index (χ2v) is 4.38. The second-order valence-electron chi connectivity index (χ2n) is 4.38.